The Labute approximate surface area is 642 Å². The molecule has 4 aromatic heterocycles. The molecule has 0 aliphatic rings. The third kappa shape index (κ3) is 31.3. The molecule has 0 fully saturated rings. The van der Waals surface area contributed by atoms with Gasteiger partial charge in [0.2, 0.25) is 0 Å². The Balaban J connectivity index is 0.000000233. The topological polar surface area (TPSA) is 70.0 Å². The zero-order valence-electron chi connectivity index (χ0n) is 58.0. The molecular weight excluding hydrogens is 1590 g/mol. The number of aromatic nitrogens is 4. The molecule has 0 N–H and O–H groups in total. The second-order valence-corrected chi connectivity index (χ2v) is 33.5. The molecule has 0 unspecified atom stereocenters. The van der Waals surface area contributed by atoms with E-state index in [0.29, 0.717) is 0 Å². The molecular formula is C82H84Ag2B2F8N4O2P4+4. The van der Waals surface area contributed by atoms with Gasteiger partial charge in [0, 0.05) is 72.8 Å². The van der Waals surface area contributed by atoms with Gasteiger partial charge in [0.15, 0.2) is 11.8 Å². The van der Waals surface area contributed by atoms with Gasteiger partial charge in [-0.05, 0) is 149 Å². The summed E-state index contributed by atoms with van der Waals surface area (Å²) in [7, 11) is -15.4. The Hall–Kier alpha value is -7.47. The van der Waals surface area contributed by atoms with Gasteiger partial charge in [-0.3, -0.25) is 19.9 Å². The molecule has 4 heterocycles. The SMILES string of the molecule is CCOCC.CCOCC.F[B-](F)(F)F.F[B-](F)(F)F.[Ag+].[Ag+].c1ccc([PH+](C[PH+](c2ccccc2)c2ccccc2)c2ccccc2)cc1.c1ccc([PH+](C[PH+](c2ccccc2)c2ccccc2)c2ccccc2)cc1.c1cnc2c(c1)ccc1cccnc12.c1cnc2c(c1)ccc1cccnc12. The van der Waals surface area contributed by atoms with E-state index >= 15 is 0 Å². The largest absolute Gasteiger partial charge is 1.00 e. The van der Waals surface area contributed by atoms with Crippen LogP contribution in [0.2, 0.25) is 0 Å². The van der Waals surface area contributed by atoms with Crippen molar-refractivity contribution in [3.05, 3.63) is 340 Å². The van der Waals surface area contributed by atoms with Crippen molar-refractivity contribution in [2.75, 3.05) is 38.2 Å². The summed E-state index contributed by atoms with van der Waals surface area (Å²) in [4.78, 5) is 17.4. The maximum absolute atomic E-state index is 9.75. The molecule has 0 radical (unpaired) electrons. The predicted octanol–water partition coefficient (Wildman–Crippen LogP) is 19.6. The van der Waals surface area contributed by atoms with Gasteiger partial charge in [-0.25, -0.2) is 0 Å². The fourth-order valence-corrected chi connectivity index (χ4v) is 26.2. The molecule has 0 aliphatic carbocycles. The number of hydrogen-bond acceptors (Lipinski definition) is 6. The molecule has 0 amide bonds. The average molecular weight is 1670 g/mol. The molecule has 14 rings (SSSR count). The quantitative estimate of drug-likeness (QED) is 0.0416. The Morgan fingerprint density at radius 3 is 0.500 bits per heavy atom. The Kier molecular flexibility index (Phi) is 40.7. The van der Waals surface area contributed by atoms with Crippen molar-refractivity contribution >= 4 is 132 Å². The number of benzene rings is 10. The Bertz CT molecular complexity index is 3850. The van der Waals surface area contributed by atoms with Crippen LogP contribution in [-0.4, -0.2) is 72.7 Å². The number of pyridine rings is 4. The van der Waals surface area contributed by atoms with Crippen LogP contribution >= 0.6 is 31.7 Å². The number of fused-ring (bicyclic) bond motifs is 6. The van der Waals surface area contributed by atoms with Crippen LogP contribution in [0.4, 0.5) is 34.5 Å². The maximum atomic E-state index is 9.75. The molecule has 0 saturated carbocycles. The van der Waals surface area contributed by atoms with E-state index in [1.165, 1.54) is 54.2 Å². The molecule has 0 saturated heterocycles. The first kappa shape index (κ1) is 87.2. The van der Waals surface area contributed by atoms with Gasteiger partial charge in [0.05, 0.1) is 22.1 Å². The summed E-state index contributed by atoms with van der Waals surface area (Å²) in [6.45, 7) is 11.3. The van der Waals surface area contributed by atoms with Crippen molar-refractivity contribution in [2.24, 2.45) is 0 Å². The van der Waals surface area contributed by atoms with E-state index in [9.17, 15) is 34.5 Å². The molecule has 6 nitrogen and oxygen atoms in total. The second kappa shape index (κ2) is 48.6. The summed E-state index contributed by atoms with van der Waals surface area (Å²) in [5.41, 5.74) is 3.91. The molecule has 14 aromatic rings. The van der Waals surface area contributed by atoms with Crippen molar-refractivity contribution in [3.8, 4) is 0 Å². The minimum Gasteiger partial charge on any atom is -0.418 e. The Morgan fingerprint density at radius 2 is 0.375 bits per heavy atom. The molecule has 10 aromatic carbocycles. The smallest absolute Gasteiger partial charge is 0.418 e. The van der Waals surface area contributed by atoms with Crippen molar-refractivity contribution in [1.29, 1.82) is 0 Å². The minimum absolute atomic E-state index is 0. The van der Waals surface area contributed by atoms with Gasteiger partial charge in [0.25, 0.3) is 0 Å². The van der Waals surface area contributed by atoms with Gasteiger partial charge in [-0.2, -0.15) is 0 Å². The third-order valence-electron chi connectivity index (χ3n) is 15.2. The van der Waals surface area contributed by atoms with Crippen LogP contribution < -0.4 is 42.4 Å². The molecule has 0 spiro atoms. The number of halogens is 8. The number of ether oxygens (including phenoxy) is 2. The van der Waals surface area contributed by atoms with E-state index in [2.05, 4.69) is 311 Å². The van der Waals surface area contributed by atoms with Crippen molar-refractivity contribution in [3.63, 3.8) is 0 Å². The van der Waals surface area contributed by atoms with Crippen LogP contribution in [0, 0.1) is 0 Å². The van der Waals surface area contributed by atoms with Crippen molar-refractivity contribution < 1.29 is 88.8 Å². The van der Waals surface area contributed by atoms with Crippen LogP contribution in [0.5, 0.6) is 0 Å². The monoisotopic (exact) mass is 1670 g/mol. The van der Waals surface area contributed by atoms with Crippen LogP contribution in [0.3, 0.4) is 0 Å². The van der Waals surface area contributed by atoms with E-state index in [-0.39, 0.29) is 44.8 Å². The first-order valence-corrected chi connectivity index (χ1v) is 40.3. The first-order chi connectivity index (χ1) is 49.6. The number of rotatable bonds is 16. The van der Waals surface area contributed by atoms with Gasteiger partial charge in [0.1, 0.15) is 74.1 Å². The zero-order chi connectivity index (χ0) is 72.6. The molecule has 544 valence electrons. The van der Waals surface area contributed by atoms with Crippen molar-refractivity contribution in [1.82, 2.24) is 19.9 Å². The van der Waals surface area contributed by atoms with E-state index in [4.69, 9.17) is 9.47 Å². The molecule has 0 aliphatic heterocycles. The summed E-state index contributed by atoms with van der Waals surface area (Å²) in [5.74, 6) is 2.49. The van der Waals surface area contributed by atoms with E-state index in [0.717, 1.165) is 70.0 Å². The molecule has 0 atom stereocenters. The van der Waals surface area contributed by atoms with Gasteiger partial charge in [-0.15, -0.1) is 0 Å². The van der Waals surface area contributed by atoms with Crippen LogP contribution in [0.25, 0.3) is 43.6 Å². The summed E-state index contributed by atoms with van der Waals surface area (Å²) in [6, 6.07) is 113. The van der Waals surface area contributed by atoms with Crippen LogP contribution in [0.15, 0.2) is 340 Å². The molecule has 22 heteroatoms. The Morgan fingerprint density at radius 1 is 0.231 bits per heavy atom. The van der Waals surface area contributed by atoms with Crippen LogP contribution in [-0.2, 0) is 54.2 Å². The molecule has 104 heavy (non-hydrogen) atoms. The normalized spacial score (nSPS) is 10.6. The number of nitrogens with zero attached hydrogens (tertiary/aromatic N) is 4. The van der Waals surface area contributed by atoms with Crippen LogP contribution in [0.1, 0.15) is 27.7 Å². The minimum atomic E-state index is -6.00. The van der Waals surface area contributed by atoms with Crippen molar-refractivity contribution in [2.45, 2.75) is 27.7 Å². The number of hydrogen-bond donors (Lipinski definition) is 0. The second-order valence-electron chi connectivity index (χ2n) is 22.2. The fraction of sp³-hybridized carbons (Fsp3) is 0.122. The van der Waals surface area contributed by atoms with Gasteiger partial charge < -0.3 is 44.0 Å². The third-order valence-corrected chi connectivity index (χ3v) is 29.1. The summed E-state index contributed by atoms with van der Waals surface area (Å²) in [6.07, 6.45) is 7.21. The summed E-state index contributed by atoms with van der Waals surface area (Å²) >= 11 is 0. The first-order valence-electron chi connectivity index (χ1n) is 33.5. The fourth-order valence-electron chi connectivity index (χ4n) is 10.7. The van der Waals surface area contributed by atoms with Gasteiger partial charge in [-0.1, -0.05) is 194 Å². The summed E-state index contributed by atoms with van der Waals surface area (Å²) in [5, 5.41) is 16.6. The summed E-state index contributed by atoms with van der Waals surface area (Å²) < 4.78 is 87.7. The predicted molar refractivity (Wildman–Crippen MR) is 430 cm³/mol. The van der Waals surface area contributed by atoms with E-state index in [1.54, 1.807) is 24.8 Å². The standard InChI is InChI=1S/2C25H22P2.2C12H8N2.2C4H10O.2Ag.2BF4/c2*1-5-13-22(14-6-1)26(23-15-7-2-8-16-23)21-27(24-17-9-3-10-18-24)25-19-11-4-12-20-25;2*1-3-9-5-6-10-4-2-8-14-12(10)11(9)13-7-1;2*1-3-5-4-2;;;2*2-1(3,4)5/h2*1-20H,21H2;2*1-8H;2*3-4H2,1-2H3;;;;/q;;;;;;2*+1;2*-1/p+4. The van der Waals surface area contributed by atoms with Gasteiger partial charge >= 0.3 is 59.3 Å². The maximum Gasteiger partial charge on any atom is 1.00 e. The zero-order valence-corrected chi connectivity index (χ0v) is 64.9. The van der Waals surface area contributed by atoms with E-state index < -0.39 is 46.2 Å². The van der Waals surface area contributed by atoms with E-state index in [1.807, 2.05) is 52.0 Å². The molecule has 0 bridgehead atoms. The average Bonchev–Trinajstić information content (AvgIpc) is 0.821.